The van der Waals surface area contributed by atoms with E-state index < -0.39 is 16.1 Å². The van der Waals surface area contributed by atoms with Gasteiger partial charge < -0.3 is 36.3 Å². The first-order valence-electron chi connectivity index (χ1n) is 4.41. The summed E-state index contributed by atoms with van der Waals surface area (Å²) in [5.74, 6) is 0. The second kappa shape index (κ2) is 13.7. The van der Waals surface area contributed by atoms with Gasteiger partial charge in [0.2, 0.25) is 0 Å². The van der Waals surface area contributed by atoms with Crippen LogP contribution in [0, 0.1) is 0 Å². The van der Waals surface area contributed by atoms with Gasteiger partial charge in [-0.05, 0) is 0 Å². The summed E-state index contributed by atoms with van der Waals surface area (Å²) < 4.78 is 0. The van der Waals surface area contributed by atoms with Gasteiger partial charge in [-0.15, -0.1) is 0 Å². The minimum atomic E-state index is -0.965. The SMILES string of the molecule is C[Si](C)(C)C[NH-].C[Si](C)(C)C[NH-].[Cl-].[Cl-].[Pt]. The van der Waals surface area contributed by atoms with Crippen molar-refractivity contribution in [2.24, 2.45) is 0 Å². The molecule has 0 rings (SSSR count). The van der Waals surface area contributed by atoms with Crippen molar-refractivity contribution >= 4 is 16.1 Å². The van der Waals surface area contributed by atoms with E-state index in [1.165, 1.54) is 0 Å². The van der Waals surface area contributed by atoms with Gasteiger partial charge in [-0.3, -0.25) is 0 Å². The van der Waals surface area contributed by atoms with E-state index in [4.69, 9.17) is 11.5 Å². The molecule has 0 atom stereocenters. The molecule has 15 heavy (non-hydrogen) atoms. The molecule has 0 aromatic carbocycles. The molecule has 102 valence electrons. The van der Waals surface area contributed by atoms with Gasteiger partial charge in [0.25, 0.3) is 0 Å². The first-order valence-corrected chi connectivity index (χ1v) is 11.8. The van der Waals surface area contributed by atoms with Crippen molar-refractivity contribution in [2.45, 2.75) is 39.3 Å². The number of nitrogens with one attached hydrogen (secondary N) is 2. The van der Waals surface area contributed by atoms with Crippen LogP contribution in [-0.2, 0) is 21.1 Å². The van der Waals surface area contributed by atoms with E-state index in [1.54, 1.807) is 0 Å². The first-order chi connectivity index (χ1) is 5.12. The summed E-state index contributed by atoms with van der Waals surface area (Å²) in [6.45, 7) is 13.2. The average Bonchev–Trinajstić information content (AvgIpc) is 1.86. The molecular formula is C8H24Cl2N2PtSi2-4. The van der Waals surface area contributed by atoms with Crippen molar-refractivity contribution in [3.63, 3.8) is 0 Å². The molecule has 0 aliphatic carbocycles. The number of rotatable bonds is 2. The summed E-state index contributed by atoms with van der Waals surface area (Å²) >= 11 is 0. The maximum Gasteiger partial charge on any atom is 0.0235 e. The van der Waals surface area contributed by atoms with E-state index in [-0.39, 0.29) is 45.9 Å². The van der Waals surface area contributed by atoms with Crippen LogP contribution in [0.15, 0.2) is 0 Å². The Morgan fingerprint density at radius 3 is 0.733 bits per heavy atom. The predicted octanol–water partition coefficient (Wildman–Crippen LogP) is -2.16. The molecule has 0 unspecified atom stereocenters. The van der Waals surface area contributed by atoms with Crippen LogP contribution in [0.1, 0.15) is 0 Å². The quantitative estimate of drug-likeness (QED) is 0.413. The summed E-state index contributed by atoms with van der Waals surface area (Å²) in [6.07, 6.45) is 1.32. The first kappa shape index (κ1) is 30.0. The van der Waals surface area contributed by atoms with Crippen LogP contribution in [-0.4, -0.2) is 28.5 Å². The van der Waals surface area contributed by atoms with E-state index >= 15 is 0 Å². The third-order valence-electron chi connectivity index (χ3n) is 1.06. The van der Waals surface area contributed by atoms with Gasteiger partial charge in [-0.2, -0.15) is 12.3 Å². The molecule has 0 saturated carbocycles. The van der Waals surface area contributed by atoms with Gasteiger partial charge in [0.15, 0.2) is 0 Å². The molecule has 0 bridgehead atoms. The van der Waals surface area contributed by atoms with Crippen LogP contribution in [0.5, 0.6) is 0 Å². The summed E-state index contributed by atoms with van der Waals surface area (Å²) in [5, 5.41) is 0. The van der Waals surface area contributed by atoms with E-state index in [1.807, 2.05) is 0 Å². The molecule has 0 aliphatic heterocycles. The molecule has 0 fully saturated rings. The number of hydrogen-bond donors (Lipinski definition) is 0. The molecule has 0 spiro atoms. The summed E-state index contributed by atoms with van der Waals surface area (Å²) in [6, 6.07) is 0. The maximum absolute atomic E-state index is 6.92. The topological polar surface area (TPSA) is 47.6 Å². The fraction of sp³-hybridized carbons (Fsp3) is 1.00. The molecular weight excluding hydrogens is 446 g/mol. The molecule has 0 saturated heterocycles. The number of hydrogen-bond acceptors (Lipinski definition) is 0. The maximum atomic E-state index is 6.92. The van der Waals surface area contributed by atoms with Crippen LogP contribution in [0.3, 0.4) is 0 Å². The van der Waals surface area contributed by atoms with Crippen molar-refractivity contribution in [2.75, 3.05) is 12.3 Å². The fourth-order valence-electron chi connectivity index (χ4n) is 0. The third kappa shape index (κ3) is 49.9. The molecule has 7 heteroatoms. The van der Waals surface area contributed by atoms with Crippen LogP contribution in [0.2, 0.25) is 39.3 Å². The Hall–Kier alpha value is 1.62. The van der Waals surface area contributed by atoms with Crippen molar-refractivity contribution in [1.29, 1.82) is 0 Å². The minimum Gasteiger partial charge on any atom is -1.00 e. The second-order valence-corrected chi connectivity index (χ2v) is 16.4. The van der Waals surface area contributed by atoms with Crippen LogP contribution >= 0.6 is 0 Å². The van der Waals surface area contributed by atoms with Crippen molar-refractivity contribution < 1.29 is 45.9 Å². The minimum absolute atomic E-state index is 0. The van der Waals surface area contributed by atoms with Crippen molar-refractivity contribution in [1.82, 2.24) is 0 Å². The van der Waals surface area contributed by atoms with Gasteiger partial charge in [0.1, 0.15) is 0 Å². The zero-order valence-corrected chi connectivity index (χ0v) is 16.3. The monoisotopic (exact) mass is 469 g/mol. The van der Waals surface area contributed by atoms with Crippen molar-refractivity contribution in [3.8, 4) is 0 Å². The molecule has 0 heterocycles. The standard InChI is InChI=1S/2C4H12NSi.2ClH.Pt/c2*1-6(2,3)4-5;;;/h2*5H,4H2,1-3H3;2*1H;/q2*-1;;;/p-2. The van der Waals surface area contributed by atoms with E-state index in [2.05, 4.69) is 39.3 Å². The molecule has 0 amide bonds. The van der Waals surface area contributed by atoms with Crippen LogP contribution < -0.4 is 24.8 Å². The van der Waals surface area contributed by atoms with Crippen molar-refractivity contribution in [3.05, 3.63) is 11.5 Å². The third-order valence-corrected chi connectivity index (χ3v) is 3.18. The Bertz CT molecular complexity index is 102. The van der Waals surface area contributed by atoms with Crippen LogP contribution in [0.25, 0.3) is 11.5 Å². The molecule has 0 aromatic rings. The molecule has 2 nitrogen and oxygen atoms in total. The normalized spacial score (nSPS) is 9.60. The Balaban J connectivity index is -0.0000000370. The Kier molecular flexibility index (Phi) is 27.4. The Morgan fingerprint density at radius 2 is 0.733 bits per heavy atom. The molecule has 2 N–H and O–H groups in total. The zero-order valence-electron chi connectivity index (χ0n) is 10.5. The Morgan fingerprint density at radius 1 is 0.667 bits per heavy atom. The smallest absolute Gasteiger partial charge is 0.0235 e. The van der Waals surface area contributed by atoms with E-state index in [0.717, 1.165) is 0 Å². The number of halogens is 2. The average molecular weight is 470 g/mol. The summed E-state index contributed by atoms with van der Waals surface area (Å²) in [5.41, 5.74) is 13.8. The van der Waals surface area contributed by atoms with Gasteiger partial charge in [-0.1, -0.05) is 39.3 Å². The van der Waals surface area contributed by atoms with Gasteiger partial charge in [0, 0.05) is 37.2 Å². The fourth-order valence-corrected chi connectivity index (χ4v) is 0. The van der Waals surface area contributed by atoms with Crippen LogP contribution in [0.4, 0.5) is 0 Å². The molecule has 0 aliphatic rings. The molecule has 0 radical (unpaired) electrons. The second-order valence-electron chi connectivity index (χ2n) is 5.47. The predicted molar refractivity (Wildman–Crippen MR) is 65.1 cm³/mol. The van der Waals surface area contributed by atoms with Gasteiger partial charge >= 0.3 is 0 Å². The Labute approximate surface area is 124 Å². The molecule has 0 aromatic heterocycles. The summed E-state index contributed by atoms with van der Waals surface area (Å²) in [7, 11) is -1.93. The van der Waals surface area contributed by atoms with E-state index in [9.17, 15) is 0 Å². The van der Waals surface area contributed by atoms with E-state index in [0.29, 0.717) is 12.3 Å². The summed E-state index contributed by atoms with van der Waals surface area (Å²) in [4.78, 5) is 0. The zero-order chi connectivity index (χ0) is 10.4. The van der Waals surface area contributed by atoms with Gasteiger partial charge in [0.05, 0.1) is 0 Å². The largest absolute Gasteiger partial charge is 1.00 e. The van der Waals surface area contributed by atoms with Gasteiger partial charge in [-0.25, -0.2) is 0 Å².